The number of para-hydroxylation sites is 1. The summed E-state index contributed by atoms with van der Waals surface area (Å²) in [6.07, 6.45) is 0.881. The minimum Gasteiger partial charge on any atom is -0.457 e. The Hall–Kier alpha value is -2.82. The molecule has 0 bridgehead atoms. The van der Waals surface area contributed by atoms with E-state index in [1.165, 1.54) is 0 Å². The van der Waals surface area contributed by atoms with Gasteiger partial charge in [-0.05, 0) is 56.2 Å². The SMILES string of the molecule is CCc1ccccc1Oc1ccc(N2C(=O)NC(C)(C)C2=O)cc1. The smallest absolute Gasteiger partial charge is 0.329 e. The number of nitrogens with one attached hydrogen (secondary N) is 1. The third-order valence-corrected chi connectivity index (χ3v) is 4.04. The number of hydrogen-bond acceptors (Lipinski definition) is 3. The molecule has 0 unspecified atom stereocenters. The van der Waals surface area contributed by atoms with E-state index in [0.29, 0.717) is 11.4 Å². The van der Waals surface area contributed by atoms with Crippen LogP contribution in [0.3, 0.4) is 0 Å². The van der Waals surface area contributed by atoms with E-state index < -0.39 is 11.6 Å². The Labute approximate surface area is 141 Å². The molecule has 5 heteroatoms. The third kappa shape index (κ3) is 2.85. The Balaban J connectivity index is 1.81. The Morgan fingerprint density at radius 1 is 1.04 bits per heavy atom. The zero-order valence-corrected chi connectivity index (χ0v) is 14.0. The molecule has 0 saturated carbocycles. The fourth-order valence-corrected chi connectivity index (χ4v) is 2.67. The van der Waals surface area contributed by atoms with Gasteiger partial charge in [0.05, 0.1) is 5.69 Å². The van der Waals surface area contributed by atoms with Crippen molar-refractivity contribution in [1.82, 2.24) is 5.32 Å². The number of urea groups is 1. The van der Waals surface area contributed by atoms with Gasteiger partial charge in [-0.25, -0.2) is 9.69 Å². The van der Waals surface area contributed by atoms with Gasteiger partial charge in [-0.2, -0.15) is 0 Å². The number of hydrogen-bond donors (Lipinski definition) is 1. The molecule has 2 aromatic rings. The van der Waals surface area contributed by atoms with E-state index in [2.05, 4.69) is 12.2 Å². The predicted octanol–water partition coefficient (Wildman–Crippen LogP) is 3.88. The Kier molecular flexibility index (Phi) is 4.01. The predicted molar refractivity (Wildman–Crippen MR) is 92.4 cm³/mol. The summed E-state index contributed by atoms with van der Waals surface area (Å²) in [6.45, 7) is 5.45. The van der Waals surface area contributed by atoms with Crippen molar-refractivity contribution in [2.45, 2.75) is 32.7 Å². The maximum Gasteiger partial charge on any atom is 0.329 e. The number of aryl methyl sites for hydroxylation is 1. The summed E-state index contributed by atoms with van der Waals surface area (Å²) in [5, 5.41) is 2.67. The first-order valence-corrected chi connectivity index (χ1v) is 7.95. The number of imide groups is 1. The monoisotopic (exact) mass is 324 g/mol. The molecule has 1 N–H and O–H groups in total. The van der Waals surface area contributed by atoms with Gasteiger partial charge < -0.3 is 10.1 Å². The molecule has 124 valence electrons. The second-order valence-electron chi connectivity index (χ2n) is 6.25. The molecule has 0 aliphatic carbocycles. The normalized spacial score (nSPS) is 16.2. The van der Waals surface area contributed by atoms with Crippen LogP contribution < -0.4 is 15.0 Å². The molecule has 2 aromatic carbocycles. The Bertz CT molecular complexity index is 781. The van der Waals surface area contributed by atoms with E-state index in [-0.39, 0.29) is 5.91 Å². The molecule has 3 amide bonds. The van der Waals surface area contributed by atoms with E-state index in [1.54, 1.807) is 38.1 Å². The quantitative estimate of drug-likeness (QED) is 0.868. The standard InChI is InChI=1S/C19H20N2O3/c1-4-13-7-5-6-8-16(13)24-15-11-9-14(10-12-15)21-17(22)19(2,3)20-18(21)23/h5-12H,4H2,1-3H3,(H,20,23). The number of nitrogens with zero attached hydrogens (tertiary/aromatic N) is 1. The lowest BCUT2D eigenvalue weighted by molar-refractivity contribution is -0.121. The molecule has 3 rings (SSSR count). The summed E-state index contributed by atoms with van der Waals surface area (Å²) in [4.78, 5) is 25.5. The second kappa shape index (κ2) is 6.00. The van der Waals surface area contributed by atoms with Crippen LogP contribution in [0.4, 0.5) is 10.5 Å². The molecular formula is C19H20N2O3. The highest BCUT2D eigenvalue weighted by Gasteiger charge is 2.44. The van der Waals surface area contributed by atoms with E-state index >= 15 is 0 Å². The molecule has 1 aliphatic heterocycles. The average molecular weight is 324 g/mol. The molecular weight excluding hydrogens is 304 g/mol. The zero-order chi connectivity index (χ0) is 17.3. The lowest BCUT2D eigenvalue weighted by atomic mass is 10.1. The van der Waals surface area contributed by atoms with Crippen molar-refractivity contribution in [3.8, 4) is 11.5 Å². The molecule has 1 saturated heterocycles. The number of rotatable bonds is 4. The summed E-state index contributed by atoms with van der Waals surface area (Å²) >= 11 is 0. The fourth-order valence-electron chi connectivity index (χ4n) is 2.67. The minimum absolute atomic E-state index is 0.266. The van der Waals surface area contributed by atoms with Crippen molar-refractivity contribution < 1.29 is 14.3 Å². The maximum atomic E-state index is 12.3. The van der Waals surface area contributed by atoms with Crippen molar-refractivity contribution in [3.63, 3.8) is 0 Å². The van der Waals surface area contributed by atoms with Crippen LogP contribution >= 0.6 is 0 Å². The molecule has 5 nitrogen and oxygen atoms in total. The van der Waals surface area contributed by atoms with E-state index in [1.807, 2.05) is 24.3 Å². The molecule has 24 heavy (non-hydrogen) atoms. The number of ether oxygens (including phenoxy) is 1. The number of carbonyl (C=O) groups is 2. The van der Waals surface area contributed by atoms with E-state index in [4.69, 9.17) is 4.74 Å². The van der Waals surface area contributed by atoms with Gasteiger partial charge in [-0.15, -0.1) is 0 Å². The zero-order valence-electron chi connectivity index (χ0n) is 14.0. The van der Waals surface area contributed by atoms with Crippen molar-refractivity contribution in [1.29, 1.82) is 0 Å². The van der Waals surface area contributed by atoms with Crippen LogP contribution in [0.1, 0.15) is 26.3 Å². The van der Waals surface area contributed by atoms with E-state index in [9.17, 15) is 9.59 Å². The summed E-state index contributed by atoms with van der Waals surface area (Å²) in [7, 11) is 0. The summed E-state index contributed by atoms with van der Waals surface area (Å²) in [5.41, 5.74) is 0.767. The van der Waals surface area contributed by atoms with Crippen molar-refractivity contribution in [2.75, 3.05) is 4.90 Å². The van der Waals surface area contributed by atoms with Gasteiger partial charge in [-0.1, -0.05) is 25.1 Å². The second-order valence-corrected chi connectivity index (χ2v) is 6.25. The highest BCUT2D eigenvalue weighted by atomic mass is 16.5. The first kappa shape index (κ1) is 16.1. The Morgan fingerprint density at radius 2 is 1.71 bits per heavy atom. The van der Waals surface area contributed by atoms with Crippen LogP contribution in [0, 0.1) is 0 Å². The van der Waals surface area contributed by atoms with Gasteiger partial charge in [-0.3, -0.25) is 4.79 Å². The Morgan fingerprint density at radius 3 is 2.29 bits per heavy atom. The highest BCUT2D eigenvalue weighted by molar-refractivity contribution is 6.23. The molecule has 0 atom stereocenters. The lowest BCUT2D eigenvalue weighted by Crippen LogP contribution is -2.40. The molecule has 0 spiro atoms. The summed E-state index contributed by atoms with van der Waals surface area (Å²) in [5.74, 6) is 1.20. The highest BCUT2D eigenvalue weighted by Crippen LogP contribution is 2.29. The van der Waals surface area contributed by atoms with Crippen molar-refractivity contribution >= 4 is 17.6 Å². The fraction of sp³-hybridized carbons (Fsp3) is 0.263. The van der Waals surface area contributed by atoms with Crippen LogP contribution in [0.25, 0.3) is 0 Å². The third-order valence-electron chi connectivity index (χ3n) is 4.04. The van der Waals surface area contributed by atoms with Gasteiger partial charge in [0.2, 0.25) is 0 Å². The number of amides is 3. The first-order valence-electron chi connectivity index (χ1n) is 7.95. The van der Waals surface area contributed by atoms with Crippen LogP contribution in [0.2, 0.25) is 0 Å². The summed E-state index contributed by atoms with van der Waals surface area (Å²) < 4.78 is 5.91. The van der Waals surface area contributed by atoms with Gasteiger partial charge in [0.1, 0.15) is 17.0 Å². The molecule has 0 aromatic heterocycles. The first-order chi connectivity index (χ1) is 11.4. The van der Waals surface area contributed by atoms with Crippen LogP contribution in [0.15, 0.2) is 48.5 Å². The number of anilines is 1. The molecule has 1 fully saturated rings. The lowest BCUT2D eigenvalue weighted by Gasteiger charge is -2.16. The minimum atomic E-state index is -0.883. The van der Waals surface area contributed by atoms with Crippen LogP contribution in [-0.4, -0.2) is 17.5 Å². The molecule has 1 heterocycles. The van der Waals surface area contributed by atoms with Gasteiger partial charge in [0.25, 0.3) is 5.91 Å². The van der Waals surface area contributed by atoms with Crippen LogP contribution in [-0.2, 0) is 11.2 Å². The van der Waals surface area contributed by atoms with Gasteiger partial charge in [0.15, 0.2) is 0 Å². The molecule has 1 aliphatic rings. The van der Waals surface area contributed by atoms with Gasteiger partial charge in [0, 0.05) is 0 Å². The van der Waals surface area contributed by atoms with Gasteiger partial charge >= 0.3 is 6.03 Å². The van der Waals surface area contributed by atoms with Crippen molar-refractivity contribution in [3.05, 3.63) is 54.1 Å². The van der Waals surface area contributed by atoms with Crippen LogP contribution in [0.5, 0.6) is 11.5 Å². The largest absolute Gasteiger partial charge is 0.457 e. The number of benzene rings is 2. The average Bonchev–Trinajstić information content (AvgIpc) is 2.77. The van der Waals surface area contributed by atoms with Crippen molar-refractivity contribution in [2.24, 2.45) is 0 Å². The van der Waals surface area contributed by atoms with E-state index in [0.717, 1.165) is 22.6 Å². The maximum absolute atomic E-state index is 12.3. The topological polar surface area (TPSA) is 58.6 Å². The molecule has 0 radical (unpaired) electrons. The summed E-state index contributed by atoms with van der Waals surface area (Å²) in [6, 6.07) is 14.4. The number of carbonyl (C=O) groups excluding carboxylic acids is 2.